The Hall–Kier alpha value is -1.35. The Morgan fingerprint density at radius 1 is 1.29 bits per heavy atom. The Morgan fingerprint density at radius 2 is 2.00 bits per heavy atom. The van der Waals surface area contributed by atoms with E-state index in [4.69, 9.17) is 9.84 Å². The molecule has 1 fully saturated rings. The second-order valence-corrected chi connectivity index (χ2v) is 5.05. The van der Waals surface area contributed by atoms with Crippen molar-refractivity contribution < 1.29 is 14.6 Å². The fourth-order valence-electron chi connectivity index (χ4n) is 3.13. The van der Waals surface area contributed by atoms with Crippen LogP contribution in [0.25, 0.3) is 0 Å². The van der Waals surface area contributed by atoms with Gasteiger partial charge in [-0.1, -0.05) is 24.3 Å². The van der Waals surface area contributed by atoms with Crippen LogP contribution in [0.3, 0.4) is 0 Å². The molecule has 1 saturated carbocycles. The summed E-state index contributed by atoms with van der Waals surface area (Å²) in [6.45, 7) is 0.675. The lowest BCUT2D eigenvalue weighted by Gasteiger charge is -2.35. The van der Waals surface area contributed by atoms with E-state index in [1.807, 2.05) is 12.1 Å². The van der Waals surface area contributed by atoms with Crippen molar-refractivity contribution in [1.82, 2.24) is 0 Å². The third-order valence-corrected chi connectivity index (χ3v) is 4.15. The van der Waals surface area contributed by atoms with Crippen molar-refractivity contribution in [3.8, 4) is 0 Å². The zero-order chi connectivity index (χ0) is 11.9. The molecule has 2 aliphatic rings. The Bertz CT molecular complexity index is 445. The highest BCUT2D eigenvalue weighted by molar-refractivity contribution is 5.70. The quantitative estimate of drug-likeness (QED) is 0.809. The molecule has 3 heteroatoms. The molecule has 1 heterocycles. The third kappa shape index (κ3) is 1.65. The molecule has 90 valence electrons. The number of benzene rings is 1. The van der Waals surface area contributed by atoms with Crippen molar-refractivity contribution >= 4 is 5.97 Å². The molecule has 1 aliphatic heterocycles. The first kappa shape index (κ1) is 10.8. The average Bonchev–Trinajstić information content (AvgIpc) is 2.70. The number of carbonyl (C=O) groups is 1. The van der Waals surface area contributed by atoms with Gasteiger partial charge < -0.3 is 9.84 Å². The summed E-state index contributed by atoms with van der Waals surface area (Å²) in [5, 5.41) is 9.02. The van der Waals surface area contributed by atoms with Gasteiger partial charge in [0.1, 0.15) is 0 Å². The molecule has 1 aromatic carbocycles. The molecular weight excluding hydrogens is 216 g/mol. The molecule has 3 rings (SSSR count). The Morgan fingerprint density at radius 3 is 2.71 bits per heavy atom. The van der Waals surface area contributed by atoms with Crippen LogP contribution >= 0.6 is 0 Å². The highest BCUT2D eigenvalue weighted by atomic mass is 16.5. The topological polar surface area (TPSA) is 46.5 Å². The number of carboxylic acids is 1. The van der Waals surface area contributed by atoms with Crippen LogP contribution in [0.1, 0.15) is 36.8 Å². The minimum Gasteiger partial charge on any atom is -0.481 e. The zero-order valence-electron chi connectivity index (χ0n) is 9.69. The summed E-state index contributed by atoms with van der Waals surface area (Å²) in [6.07, 6.45) is 3.12. The summed E-state index contributed by atoms with van der Waals surface area (Å²) in [7, 11) is 0. The Kier molecular flexibility index (Phi) is 2.44. The third-order valence-electron chi connectivity index (χ3n) is 4.15. The van der Waals surface area contributed by atoms with E-state index in [9.17, 15) is 4.79 Å². The van der Waals surface area contributed by atoms with Gasteiger partial charge in [0, 0.05) is 0 Å². The van der Waals surface area contributed by atoms with Gasteiger partial charge in [-0.15, -0.1) is 0 Å². The van der Waals surface area contributed by atoms with E-state index in [1.165, 1.54) is 11.1 Å². The molecule has 0 amide bonds. The Balaban J connectivity index is 1.85. The van der Waals surface area contributed by atoms with Crippen molar-refractivity contribution in [2.75, 3.05) is 0 Å². The van der Waals surface area contributed by atoms with Gasteiger partial charge in [-0.05, 0) is 36.8 Å². The van der Waals surface area contributed by atoms with Crippen molar-refractivity contribution in [1.29, 1.82) is 0 Å². The fourth-order valence-corrected chi connectivity index (χ4v) is 3.13. The molecule has 1 spiro atoms. The van der Waals surface area contributed by atoms with Crippen LogP contribution in [0.15, 0.2) is 24.3 Å². The van der Waals surface area contributed by atoms with Crippen molar-refractivity contribution in [2.45, 2.75) is 37.9 Å². The largest absolute Gasteiger partial charge is 0.481 e. The number of carboxylic acid groups (broad SMARTS) is 1. The van der Waals surface area contributed by atoms with Crippen LogP contribution in [-0.2, 0) is 21.7 Å². The molecule has 0 aromatic heterocycles. The minimum atomic E-state index is -0.661. The molecule has 0 saturated heterocycles. The highest BCUT2D eigenvalue weighted by Gasteiger charge is 2.43. The van der Waals surface area contributed by atoms with E-state index in [-0.39, 0.29) is 11.5 Å². The summed E-state index contributed by atoms with van der Waals surface area (Å²) >= 11 is 0. The monoisotopic (exact) mass is 232 g/mol. The molecule has 0 unspecified atom stereocenters. The molecular formula is C14H16O3. The number of hydrogen-bond acceptors (Lipinski definition) is 2. The van der Waals surface area contributed by atoms with Crippen LogP contribution in [0.4, 0.5) is 0 Å². The molecule has 3 nitrogen and oxygen atoms in total. The molecule has 0 atom stereocenters. The fraction of sp³-hybridized carbons (Fsp3) is 0.500. The number of hydrogen-bond donors (Lipinski definition) is 1. The summed E-state index contributed by atoms with van der Waals surface area (Å²) < 4.78 is 5.99. The van der Waals surface area contributed by atoms with Crippen molar-refractivity contribution in [3.05, 3.63) is 35.4 Å². The number of aliphatic carboxylic acids is 1. The van der Waals surface area contributed by atoms with E-state index >= 15 is 0 Å². The van der Waals surface area contributed by atoms with E-state index in [2.05, 4.69) is 12.1 Å². The van der Waals surface area contributed by atoms with E-state index in [0.717, 1.165) is 25.7 Å². The van der Waals surface area contributed by atoms with Gasteiger partial charge in [0.05, 0.1) is 18.1 Å². The first-order valence-electron chi connectivity index (χ1n) is 6.16. The minimum absolute atomic E-state index is 0.183. The molecule has 0 bridgehead atoms. The lowest BCUT2D eigenvalue weighted by Crippen LogP contribution is -2.33. The maximum absolute atomic E-state index is 11.0. The smallest absolute Gasteiger partial charge is 0.306 e. The van der Waals surface area contributed by atoms with E-state index < -0.39 is 5.97 Å². The van der Waals surface area contributed by atoms with Crippen LogP contribution < -0.4 is 0 Å². The van der Waals surface area contributed by atoms with E-state index in [0.29, 0.717) is 6.61 Å². The first-order valence-corrected chi connectivity index (χ1v) is 6.16. The lowest BCUT2D eigenvalue weighted by molar-refractivity contribution is -0.146. The van der Waals surface area contributed by atoms with Gasteiger partial charge in [-0.25, -0.2) is 0 Å². The predicted octanol–water partition coefficient (Wildman–Crippen LogP) is 2.69. The van der Waals surface area contributed by atoms with Crippen molar-refractivity contribution in [2.24, 2.45) is 5.92 Å². The molecule has 1 aliphatic carbocycles. The van der Waals surface area contributed by atoms with Gasteiger partial charge in [-0.2, -0.15) is 0 Å². The number of rotatable bonds is 1. The molecule has 1 aromatic rings. The number of fused-ring (bicyclic) bond motifs is 2. The maximum Gasteiger partial charge on any atom is 0.306 e. The van der Waals surface area contributed by atoms with Gasteiger partial charge in [-0.3, -0.25) is 4.79 Å². The van der Waals surface area contributed by atoms with Gasteiger partial charge >= 0.3 is 5.97 Å². The maximum atomic E-state index is 11.0. The van der Waals surface area contributed by atoms with E-state index in [1.54, 1.807) is 0 Å². The predicted molar refractivity (Wildman–Crippen MR) is 62.5 cm³/mol. The molecule has 0 radical (unpaired) electrons. The summed E-state index contributed by atoms with van der Waals surface area (Å²) in [6, 6.07) is 8.30. The summed E-state index contributed by atoms with van der Waals surface area (Å²) in [4.78, 5) is 11.0. The number of ether oxygens (including phenoxy) is 1. The standard InChI is InChI=1S/C14H16O3/c15-13(16)10-5-7-14(8-6-10)12-4-2-1-3-11(12)9-17-14/h1-4,10H,5-9H2,(H,15,16)/t10-,14-. The SMILES string of the molecule is O=C(O)[C@H]1CC[C@@]2(CC1)OCc1ccccc12. The van der Waals surface area contributed by atoms with Gasteiger partial charge in [0.2, 0.25) is 0 Å². The first-order chi connectivity index (χ1) is 8.21. The second kappa shape index (κ2) is 3.84. The van der Waals surface area contributed by atoms with Gasteiger partial charge in [0.15, 0.2) is 0 Å². The zero-order valence-corrected chi connectivity index (χ0v) is 9.69. The van der Waals surface area contributed by atoms with Crippen LogP contribution in [0, 0.1) is 5.92 Å². The van der Waals surface area contributed by atoms with Crippen LogP contribution in [-0.4, -0.2) is 11.1 Å². The summed E-state index contributed by atoms with van der Waals surface area (Å²) in [5.74, 6) is -0.844. The molecule has 17 heavy (non-hydrogen) atoms. The highest BCUT2D eigenvalue weighted by Crippen LogP contribution is 2.47. The van der Waals surface area contributed by atoms with Crippen molar-refractivity contribution in [3.63, 3.8) is 0 Å². The average molecular weight is 232 g/mol. The molecule has 1 N–H and O–H groups in total. The normalized spacial score (nSPS) is 31.4. The second-order valence-electron chi connectivity index (χ2n) is 5.05. The van der Waals surface area contributed by atoms with Crippen LogP contribution in [0.2, 0.25) is 0 Å². The summed E-state index contributed by atoms with van der Waals surface area (Å²) in [5.41, 5.74) is 2.35. The van der Waals surface area contributed by atoms with Gasteiger partial charge in [0.25, 0.3) is 0 Å². The Labute approximate surface area is 100 Å². The lowest BCUT2D eigenvalue weighted by atomic mass is 9.75. The van der Waals surface area contributed by atoms with Crippen LogP contribution in [0.5, 0.6) is 0 Å².